The molecule has 2 aliphatic heterocycles. The van der Waals surface area contributed by atoms with E-state index >= 15 is 0 Å². The summed E-state index contributed by atoms with van der Waals surface area (Å²) in [4.78, 5) is 37.3. The van der Waals surface area contributed by atoms with Crippen molar-refractivity contribution < 1.29 is 32.0 Å². The second kappa shape index (κ2) is 23.5. The van der Waals surface area contributed by atoms with Crippen molar-refractivity contribution in [2.24, 2.45) is 20.3 Å². The van der Waals surface area contributed by atoms with E-state index in [1.165, 1.54) is 36.9 Å². The minimum Gasteiger partial charge on any atom is -0.378 e. The van der Waals surface area contributed by atoms with E-state index in [0.717, 1.165) is 36.6 Å². The number of nitrogens with zero attached hydrogens (tertiary/aromatic N) is 7. The molecule has 1 saturated heterocycles. The minimum atomic E-state index is -4.44. The summed E-state index contributed by atoms with van der Waals surface area (Å²) in [6.07, 6.45) is 1.48. The molecule has 0 aliphatic carbocycles. The summed E-state index contributed by atoms with van der Waals surface area (Å²) in [7, 11) is -2.78. The van der Waals surface area contributed by atoms with Crippen molar-refractivity contribution in [2.75, 3.05) is 92.1 Å². The monoisotopic (exact) mass is 932 g/mol. The zero-order chi connectivity index (χ0) is 47.1. The highest BCUT2D eigenvalue weighted by atomic mass is 32.2. The Bertz CT molecular complexity index is 2440. The van der Waals surface area contributed by atoms with E-state index in [4.69, 9.17) is 20.4 Å². The van der Waals surface area contributed by atoms with E-state index in [2.05, 4.69) is 65.7 Å². The van der Waals surface area contributed by atoms with Gasteiger partial charge in [0.1, 0.15) is 23.9 Å². The summed E-state index contributed by atoms with van der Waals surface area (Å²) in [5.74, 6) is -0.632. The van der Waals surface area contributed by atoms with Gasteiger partial charge < -0.3 is 50.8 Å². The minimum absolute atomic E-state index is 0.164. The number of allylic oxidation sites excluding steroid dienone is 1. The number of Topliss-reactive ketones (excluding diaryl/α,β-unsaturated/α-hetero) is 1. The third-order valence-electron chi connectivity index (χ3n) is 10.0. The van der Waals surface area contributed by atoms with Crippen molar-refractivity contribution in [1.29, 1.82) is 10.9 Å². The lowest BCUT2D eigenvalue weighted by molar-refractivity contribution is -0.118. The highest BCUT2D eigenvalue weighted by molar-refractivity contribution is 8.04. The lowest BCUT2D eigenvalue weighted by atomic mass is 10.1. The first-order chi connectivity index (χ1) is 31.2. The summed E-state index contributed by atoms with van der Waals surface area (Å²) in [5.41, 5.74) is 10.5. The van der Waals surface area contributed by atoms with E-state index in [9.17, 15) is 22.6 Å². The lowest BCUT2D eigenvalue weighted by Gasteiger charge is -2.30. The van der Waals surface area contributed by atoms with Crippen LogP contribution in [0.2, 0.25) is 0 Å². The van der Waals surface area contributed by atoms with Crippen LogP contribution >= 0.6 is 11.8 Å². The molecule has 2 heterocycles. The van der Waals surface area contributed by atoms with E-state index in [1.807, 2.05) is 47.9 Å². The molecule has 0 spiro atoms. The predicted molar refractivity (Wildman–Crippen MR) is 254 cm³/mol. The molecule has 5 rings (SSSR count). The van der Waals surface area contributed by atoms with Crippen LogP contribution in [0.15, 0.2) is 108 Å². The van der Waals surface area contributed by atoms with Gasteiger partial charge in [-0.3, -0.25) is 19.6 Å². The van der Waals surface area contributed by atoms with Crippen molar-refractivity contribution >= 4 is 85.3 Å². The Balaban J connectivity index is 1.43. The van der Waals surface area contributed by atoms with E-state index in [-0.39, 0.29) is 28.1 Å². The topological polar surface area (TPSA) is 274 Å². The molecule has 348 valence electrons. The first-order valence-corrected chi connectivity index (χ1v) is 23.2. The van der Waals surface area contributed by atoms with Gasteiger partial charge in [0.2, 0.25) is 11.9 Å². The van der Waals surface area contributed by atoms with Gasteiger partial charge in [0, 0.05) is 63.4 Å². The molecule has 1 unspecified atom stereocenters. The number of morpholine rings is 1. The molecule has 1 fully saturated rings. The highest BCUT2D eigenvalue weighted by Crippen LogP contribution is 2.37. The summed E-state index contributed by atoms with van der Waals surface area (Å²) < 4.78 is 43.6. The maximum Gasteiger partial charge on any atom is 0.294 e. The molecule has 0 aromatic heterocycles. The number of carbonyl (C=O) groups is 2. The molecule has 65 heavy (non-hydrogen) atoms. The Morgan fingerprint density at radius 1 is 0.954 bits per heavy atom. The average molecular weight is 933 g/mol. The zero-order valence-electron chi connectivity index (χ0n) is 37.1. The van der Waals surface area contributed by atoms with Gasteiger partial charge in [-0.05, 0) is 101 Å². The number of ketones is 1. The van der Waals surface area contributed by atoms with Crippen LogP contribution in [0, 0.1) is 10.9 Å². The molecule has 2 aliphatic rings. The Morgan fingerprint density at radius 3 is 2.17 bits per heavy atom. The number of rotatable bonds is 19. The third-order valence-corrected chi connectivity index (χ3v) is 11.9. The van der Waals surface area contributed by atoms with Gasteiger partial charge in [0.15, 0.2) is 11.3 Å². The number of amides is 1. The molecular weight excluding hydrogens is 877 g/mol. The van der Waals surface area contributed by atoms with E-state index in [1.54, 1.807) is 19.2 Å². The number of benzene rings is 3. The van der Waals surface area contributed by atoms with Gasteiger partial charge in [-0.2, -0.15) is 28.8 Å². The fourth-order valence-electron chi connectivity index (χ4n) is 6.57. The number of aliphatic imine (C=N–C) groups is 1. The van der Waals surface area contributed by atoms with Crippen LogP contribution in [0.4, 0.5) is 39.8 Å². The van der Waals surface area contributed by atoms with Crippen molar-refractivity contribution in [3.05, 3.63) is 83.0 Å². The molecule has 0 radical (unpaired) electrons. The van der Waals surface area contributed by atoms with Gasteiger partial charge in [-0.25, -0.2) is 5.53 Å². The quantitative estimate of drug-likeness (QED) is 0.00913. The summed E-state index contributed by atoms with van der Waals surface area (Å²) in [5, 5.41) is 37.1. The first kappa shape index (κ1) is 49.6. The smallest absolute Gasteiger partial charge is 0.294 e. The molecule has 3 aromatic carbocycles. The largest absolute Gasteiger partial charge is 0.378 e. The van der Waals surface area contributed by atoms with Crippen LogP contribution in [-0.2, 0) is 29.2 Å². The van der Waals surface area contributed by atoms with Gasteiger partial charge in [-0.15, -0.1) is 0 Å². The van der Waals surface area contributed by atoms with E-state index in [0.29, 0.717) is 79.7 Å². The van der Waals surface area contributed by atoms with Crippen LogP contribution in [0.3, 0.4) is 0 Å². The first-order valence-electron chi connectivity index (χ1n) is 20.9. The molecule has 1 atom stereocenters. The standard InChI is InChI=1S/C42H56N14O7S2/c1-7-54(8-2)29-13-17-33(51-44)35(23-29)48-41(45-6)50-40(43)47-36-24-30(55(9-3)26-62-10-4)14-18-34(36)52-53-42-49-38(56-19-21-63-22-20-56)37(64-42)25-32(27(5)57)39(58)46-28-11-15-31(16-12-28)65(59,60)61/h11-18,23-25,42,44,49H,7-10,19-22,26H2,1-6H3,(H,46,58)(H,59,60,61)(H4,43,45,47,48,50)/b32-25+,51-44?,53-52+. The maximum atomic E-state index is 13.5. The zero-order valence-corrected chi connectivity index (χ0v) is 38.8. The number of hydrogen-bond donors (Lipinski definition) is 8. The van der Waals surface area contributed by atoms with E-state index < -0.39 is 27.3 Å². The Labute approximate surface area is 383 Å². The van der Waals surface area contributed by atoms with Gasteiger partial charge in [0.05, 0.1) is 40.0 Å². The number of carbonyl (C=O) groups excluding carboxylic acids is 2. The van der Waals surface area contributed by atoms with Crippen molar-refractivity contribution in [2.45, 2.75) is 45.0 Å². The summed E-state index contributed by atoms with van der Waals surface area (Å²) in [6.45, 7) is 14.4. The van der Waals surface area contributed by atoms with Crippen LogP contribution in [-0.4, -0.2) is 113 Å². The third kappa shape index (κ3) is 13.6. The van der Waals surface area contributed by atoms with Crippen molar-refractivity contribution in [3.63, 3.8) is 0 Å². The number of guanidine groups is 2. The maximum absolute atomic E-state index is 13.5. The molecule has 0 saturated carbocycles. The normalized spacial score (nSPS) is 15.7. The van der Waals surface area contributed by atoms with Gasteiger partial charge in [0.25, 0.3) is 16.0 Å². The predicted octanol–water partition coefficient (Wildman–Crippen LogP) is 6.66. The van der Waals surface area contributed by atoms with Crippen LogP contribution in [0.1, 0.15) is 34.6 Å². The molecule has 3 aromatic rings. The number of thioether (sulfide) groups is 1. The molecular formula is C42H56N14O7S2. The fraction of sp³-hybridized carbons (Fsp3) is 0.381. The fourth-order valence-corrected chi connectivity index (χ4v) is 8.04. The number of azo groups is 1. The number of ether oxygens (including phenoxy) is 2. The highest BCUT2D eigenvalue weighted by Gasteiger charge is 2.30. The molecule has 0 bridgehead atoms. The SMILES string of the molecule is CCOCN(CC)c1ccc(/N=N/C2NC(N3CCOCC3)=C(/C=C(\C(C)=O)C(=O)Nc3ccc(S(=O)(=O)O)cc3)S2)c(NC(=N)/N=C(\NC)Nc2cc(N(CC)CC)ccc2N=N)c1. The van der Waals surface area contributed by atoms with Crippen LogP contribution in [0.25, 0.3) is 0 Å². The molecule has 23 heteroatoms. The molecule has 21 nitrogen and oxygen atoms in total. The number of anilines is 5. The lowest BCUT2D eigenvalue weighted by Crippen LogP contribution is -2.40. The number of nitrogens with one attached hydrogen (secondary N) is 7. The van der Waals surface area contributed by atoms with Gasteiger partial charge >= 0.3 is 0 Å². The average Bonchev–Trinajstić information content (AvgIpc) is 3.71. The Kier molecular flexibility index (Phi) is 17.9. The Hall–Kier alpha value is -6.40. The molecule has 1 amide bonds. The molecule has 8 N–H and O–H groups in total. The second-order valence-electron chi connectivity index (χ2n) is 14.2. The second-order valence-corrected chi connectivity index (χ2v) is 16.7. The number of hydrogen-bond acceptors (Lipinski definition) is 16. The van der Waals surface area contributed by atoms with Crippen molar-refractivity contribution in [1.82, 2.24) is 15.5 Å². The van der Waals surface area contributed by atoms with Crippen molar-refractivity contribution in [3.8, 4) is 0 Å². The van der Waals surface area contributed by atoms with Crippen LogP contribution in [0.5, 0.6) is 0 Å². The Morgan fingerprint density at radius 2 is 1.58 bits per heavy atom. The van der Waals surface area contributed by atoms with Crippen LogP contribution < -0.4 is 36.4 Å². The summed E-state index contributed by atoms with van der Waals surface area (Å²) >= 11 is 1.24. The van der Waals surface area contributed by atoms with Gasteiger partial charge in [-0.1, -0.05) is 11.8 Å². The summed E-state index contributed by atoms with van der Waals surface area (Å²) in [6, 6.07) is 15.9.